The van der Waals surface area contributed by atoms with E-state index in [0.29, 0.717) is 10.0 Å². The Labute approximate surface area is 147 Å². The first-order chi connectivity index (χ1) is 11.5. The summed E-state index contributed by atoms with van der Waals surface area (Å²) in [7, 11) is 0. The number of anilines is 2. The third-order valence-corrected chi connectivity index (χ3v) is 5.50. The van der Waals surface area contributed by atoms with E-state index in [-0.39, 0.29) is 11.9 Å². The minimum Gasteiger partial charge on any atom is -0.375 e. The normalized spacial score (nSPS) is 18.0. The molecule has 1 aromatic carbocycles. The molecule has 1 aliphatic rings. The van der Waals surface area contributed by atoms with Crippen molar-refractivity contribution >= 4 is 28.1 Å². The number of aromatic nitrogens is 1. The molecule has 0 aliphatic carbocycles. The van der Waals surface area contributed by atoms with Gasteiger partial charge in [-0.3, -0.25) is 4.79 Å². The van der Waals surface area contributed by atoms with Crippen molar-refractivity contribution < 1.29 is 4.79 Å². The Morgan fingerprint density at radius 2 is 2.12 bits per heavy atom. The Kier molecular flexibility index (Phi) is 4.76. The van der Waals surface area contributed by atoms with Gasteiger partial charge in [0.25, 0.3) is 5.91 Å². The van der Waals surface area contributed by atoms with Crippen LogP contribution in [0.3, 0.4) is 0 Å². The number of carbonyl (C=O) groups is 1. The second-order valence-corrected chi connectivity index (χ2v) is 7.29. The number of thiazole rings is 1. The zero-order valence-corrected chi connectivity index (χ0v) is 15.3. The summed E-state index contributed by atoms with van der Waals surface area (Å²) < 4.78 is 0. The standard InChI is InChI=1S/C18H24N4OS/c1-4-14-16(24-18(19)20-14)17(23)22-10-9-21(11-13(22)3)15-8-6-5-7-12(15)2/h5-8,13H,4,9-11H2,1-3H3,(H2,19,20). The SMILES string of the molecule is CCc1nc(N)sc1C(=O)N1CCN(c2ccccc2C)CC1C. The van der Waals surface area contributed by atoms with Crippen LogP contribution in [0, 0.1) is 6.92 Å². The predicted molar refractivity (Wildman–Crippen MR) is 99.8 cm³/mol. The van der Waals surface area contributed by atoms with Crippen LogP contribution >= 0.6 is 11.3 Å². The van der Waals surface area contributed by atoms with Crippen molar-refractivity contribution in [2.45, 2.75) is 33.2 Å². The number of piperazine rings is 1. The minimum atomic E-state index is 0.0676. The van der Waals surface area contributed by atoms with Gasteiger partial charge in [0.15, 0.2) is 5.13 Å². The monoisotopic (exact) mass is 344 g/mol. The molecule has 1 unspecified atom stereocenters. The van der Waals surface area contributed by atoms with Crippen molar-refractivity contribution in [2.24, 2.45) is 0 Å². The third kappa shape index (κ3) is 3.11. The molecule has 0 saturated carbocycles. The van der Waals surface area contributed by atoms with Crippen molar-refractivity contribution in [3.8, 4) is 0 Å². The van der Waals surface area contributed by atoms with Crippen molar-refractivity contribution in [2.75, 3.05) is 30.3 Å². The molecule has 2 N–H and O–H groups in total. The fourth-order valence-electron chi connectivity index (χ4n) is 3.30. The minimum absolute atomic E-state index is 0.0676. The number of nitrogens with two attached hydrogens (primary N) is 1. The summed E-state index contributed by atoms with van der Waals surface area (Å²) in [6, 6.07) is 8.56. The maximum Gasteiger partial charge on any atom is 0.266 e. The molecule has 1 atom stereocenters. The van der Waals surface area contributed by atoms with E-state index < -0.39 is 0 Å². The van der Waals surface area contributed by atoms with Crippen LogP contribution in [-0.2, 0) is 6.42 Å². The lowest BCUT2D eigenvalue weighted by molar-refractivity contribution is 0.0678. The van der Waals surface area contributed by atoms with Crippen molar-refractivity contribution in [1.82, 2.24) is 9.88 Å². The number of hydrogen-bond donors (Lipinski definition) is 1. The van der Waals surface area contributed by atoms with E-state index in [4.69, 9.17) is 5.73 Å². The van der Waals surface area contributed by atoms with Crippen molar-refractivity contribution in [3.63, 3.8) is 0 Å². The molecule has 2 heterocycles. The quantitative estimate of drug-likeness (QED) is 0.930. The summed E-state index contributed by atoms with van der Waals surface area (Å²) in [6.45, 7) is 8.65. The lowest BCUT2D eigenvalue weighted by Crippen LogP contribution is -2.54. The van der Waals surface area contributed by atoms with Crippen LogP contribution in [0.4, 0.5) is 10.8 Å². The molecule has 5 nitrogen and oxygen atoms in total. The molecule has 1 fully saturated rings. The number of para-hydroxylation sites is 1. The van der Waals surface area contributed by atoms with E-state index in [1.165, 1.54) is 22.6 Å². The van der Waals surface area contributed by atoms with E-state index in [9.17, 15) is 4.79 Å². The summed E-state index contributed by atoms with van der Waals surface area (Å²) in [5.74, 6) is 0.0676. The average molecular weight is 344 g/mol. The summed E-state index contributed by atoms with van der Waals surface area (Å²) in [5.41, 5.74) is 9.14. The molecule has 1 amide bonds. The van der Waals surface area contributed by atoms with Crippen LogP contribution in [0.5, 0.6) is 0 Å². The van der Waals surface area contributed by atoms with Crippen molar-refractivity contribution in [3.05, 3.63) is 40.4 Å². The average Bonchev–Trinajstić information content (AvgIpc) is 2.95. The molecule has 6 heteroatoms. The Hall–Kier alpha value is -2.08. The molecule has 128 valence electrons. The van der Waals surface area contributed by atoms with Crippen LogP contribution in [0.2, 0.25) is 0 Å². The third-order valence-electron chi connectivity index (χ3n) is 4.59. The van der Waals surface area contributed by atoms with E-state index in [0.717, 1.165) is 31.7 Å². The topological polar surface area (TPSA) is 62.5 Å². The smallest absolute Gasteiger partial charge is 0.266 e. The number of benzene rings is 1. The largest absolute Gasteiger partial charge is 0.375 e. The van der Waals surface area contributed by atoms with E-state index >= 15 is 0 Å². The number of nitrogens with zero attached hydrogens (tertiary/aromatic N) is 3. The molecule has 2 aromatic rings. The van der Waals surface area contributed by atoms with Gasteiger partial charge in [0.1, 0.15) is 4.88 Å². The highest BCUT2D eigenvalue weighted by atomic mass is 32.1. The predicted octanol–water partition coefficient (Wildman–Crippen LogP) is 2.95. The van der Waals surface area contributed by atoms with Gasteiger partial charge in [0, 0.05) is 31.4 Å². The van der Waals surface area contributed by atoms with E-state index in [2.05, 4.69) is 48.0 Å². The molecule has 1 aromatic heterocycles. The molecule has 0 spiro atoms. The first kappa shape index (κ1) is 16.8. The molecule has 1 aliphatic heterocycles. The number of rotatable bonds is 3. The number of carbonyl (C=O) groups excluding carboxylic acids is 1. The van der Waals surface area contributed by atoms with Gasteiger partial charge in [0.05, 0.1) is 5.69 Å². The maximum atomic E-state index is 12.9. The molecule has 1 saturated heterocycles. The summed E-state index contributed by atoms with van der Waals surface area (Å²) in [6.07, 6.45) is 0.729. The molecule has 0 radical (unpaired) electrons. The molecule has 24 heavy (non-hydrogen) atoms. The highest BCUT2D eigenvalue weighted by Crippen LogP contribution is 2.27. The Bertz CT molecular complexity index is 742. The first-order valence-corrected chi connectivity index (χ1v) is 9.19. The highest BCUT2D eigenvalue weighted by Gasteiger charge is 2.31. The van der Waals surface area contributed by atoms with Gasteiger partial charge in [0.2, 0.25) is 0 Å². The summed E-state index contributed by atoms with van der Waals surface area (Å²) >= 11 is 1.30. The second-order valence-electron chi connectivity index (χ2n) is 6.26. The van der Waals surface area contributed by atoms with E-state index in [1.54, 1.807) is 0 Å². The number of aryl methyl sites for hydroxylation is 2. The van der Waals surface area contributed by atoms with Crippen LogP contribution in [0.25, 0.3) is 0 Å². The summed E-state index contributed by atoms with van der Waals surface area (Å²) in [5, 5.41) is 0.474. The number of nitrogen functional groups attached to an aromatic ring is 1. The Morgan fingerprint density at radius 1 is 1.38 bits per heavy atom. The lowest BCUT2D eigenvalue weighted by atomic mass is 10.1. The van der Waals surface area contributed by atoms with Gasteiger partial charge >= 0.3 is 0 Å². The van der Waals surface area contributed by atoms with Crippen LogP contribution < -0.4 is 10.6 Å². The number of hydrogen-bond acceptors (Lipinski definition) is 5. The molecular weight excluding hydrogens is 320 g/mol. The first-order valence-electron chi connectivity index (χ1n) is 8.38. The fraction of sp³-hybridized carbons (Fsp3) is 0.444. The van der Waals surface area contributed by atoms with Crippen LogP contribution in [-0.4, -0.2) is 41.5 Å². The Balaban J connectivity index is 1.76. The van der Waals surface area contributed by atoms with Crippen LogP contribution in [0.1, 0.15) is 34.8 Å². The van der Waals surface area contributed by atoms with Gasteiger partial charge in [-0.1, -0.05) is 36.5 Å². The van der Waals surface area contributed by atoms with Gasteiger partial charge in [-0.15, -0.1) is 0 Å². The van der Waals surface area contributed by atoms with Gasteiger partial charge in [-0.2, -0.15) is 0 Å². The van der Waals surface area contributed by atoms with Gasteiger partial charge in [-0.25, -0.2) is 4.98 Å². The molecular formula is C18H24N4OS. The Morgan fingerprint density at radius 3 is 2.79 bits per heavy atom. The number of amides is 1. The van der Waals surface area contributed by atoms with Gasteiger partial charge < -0.3 is 15.5 Å². The second kappa shape index (κ2) is 6.81. The molecule has 0 bridgehead atoms. The van der Waals surface area contributed by atoms with Crippen molar-refractivity contribution in [1.29, 1.82) is 0 Å². The van der Waals surface area contributed by atoms with Crippen LogP contribution in [0.15, 0.2) is 24.3 Å². The zero-order valence-electron chi connectivity index (χ0n) is 14.5. The maximum absolute atomic E-state index is 12.9. The fourth-order valence-corrected chi connectivity index (χ4v) is 4.18. The highest BCUT2D eigenvalue weighted by molar-refractivity contribution is 7.17. The molecule has 3 rings (SSSR count). The van der Waals surface area contributed by atoms with E-state index in [1.807, 2.05) is 11.8 Å². The van der Waals surface area contributed by atoms with Gasteiger partial charge in [-0.05, 0) is 31.9 Å². The lowest BCUT2D eigenvalue weighted by Gasteiger charge is -2.41. The summed E-state index contributed by atoms with van der Waals surface area (Å²) in [4.78, 5) is 22.2. The zero-order chi connectivity index (χ0) is 17.3.